The smallest absolute Gasteiger partial charge is 0.123 e. The molecule has 2 rings (SSSR count). The highest BCUT2D eigenvalue weighted by atomic mass is 16.5. The maximum Gasteiger partial charge on any atom is 0.123 e. The van der Waals surface area contributed by atoms with Crippen LogP contribution in [0.4, 0.5) is 5.69 Å². The molecule has 0 aliphatic carbocycles. The molecule has 1 aromatic carbocycles. The summed E-state index contributed by atoms with van der Waals surface area (Å²) in [6.07, 6.45) is 2.27. The SMILES string of the molecule is COc1cc2c(cc1C)C(C)=CC(C)(C)N2. The summed E-state index contributed by atoms with van der Waals surface area (Å²) in [5, 5.41) is 3.51. The minimum Gasteiger partial charge on any atom is -0.496 e. The third-order valence-electron chi connectivity index (χ3n) is 2.99. The molecule has 0 spiro atoms. The molecule has 0 fully saturated rings. The molecule has 2 nitrogen and oxygen atoms in total. The molecule has 1 aromatic rings. The largest absolute Gasteiger partial charge is 0.496 e. The van der Waals surface area contributed by atoms with E-state index >= 15 is 0 Å². The summed E-state index contributed by atoms with van der Waals surface area (Å²) in [5.74, 6) is 0.941. The van der Waals surface area contributed by atoms with Crippen LogP contribution in [0.15, 0.2) is 18.2 Å². The van der Waals surface area contributed by atoms with Crippen molar-refractivity contribution in [3.8, 4) is 5.75 Å². The fourth-order valence-electron chi connectivity index (χ4n) is 2.34. The van der Waals surface area contributed by atoms with Gasteiger partial charge in [0.25, 0.3) is 0 Å². The van der Waals surface area contributed by atoms with E-state index < -0.39 is 0 Å². The molecular weight excluding hydrogens is 198 g/mol. The fourth-order valence-corrected chi connectivity index (χ4v) is 2.34. The van der Waals surface area contributed by atoms with E-state index in [4.69, 9.17) is 4.74 Å². The van der Waals surface area contributed by atoms with Crippen LogP contribution < -0.4 is 10.1 Å². The monoisotopic (exact) mass is 217 g/mol. The summed E-state index contributed by atoms with van der Waals surface area (Å²) in [4.78, 5) is 0. The Kier molecular flexibility index (Phi) is 2.45. The van der Waals surface area contributed by atoms with Gasteiger partial charge >= 0.3 is 0 Å². The molecule has 1 heterocycles. The van der Waals surface area contributed by atoms with Crippen LogP contribution in [0.5, 0.6) is 5.75 Å². The van der Waals surface area contributed by atoms with Gasteiger partial charge in [-0.15, -0.1) is 0 Å². The van der Waals surface area contributed by atoms with Gasteiger partial charge in [0.2, 0.25) is 0 Å². The van der Waals surface area contributed by atoms with Crippen molar-refractivity contribution in [2.75, 3.05) is 12.4 Å². The van der Waals surface area contributed by atoms with Gasteiger partial charge in [-0.1, -0.05) is 6.08 Å². The highest BCUT2D eigenvalue weighted by molar-refractivity contribution is 5.81. The molecule has 86 valence electrons. The van der Waals surface area contributed by atoms with E-state index in [1.54, 1.807) is 7.11 Å². The molecule has 0 saturated heterocycles. The first-order valence-electron chi connectivity index (χ1n) is 5.59. The number of aryl methyl sites for hydroxylation is 1. The predicted molar refractivity (Wildman–Crippen MR) is 69.1 cm³/mol. The second kappa shape index (κ2) is 3.55. The minimum atomic E-state index is 0.0113. The van der Waals surface area contributed by atoms with Crippen molar-refractivity contribution >= 4 is 11.3 Å². The van der Waals surface area contributed by atoms with Gasteiger partial charge in [0.15, 0.2) is 0 Å². The molecular formula is C14H19NO. The molecule has 0 unspecified atom stereocenters. The molecule has 0 atom stereocenters. The van der Waals surface area contributed by atoms with Gasteiger partial charge in [-0.25, -0.2) is 0 Å². The number of hydrogen-bond acceptors (Lipinski definition) is 2. The number of benzene rings is 1. The third kappa shape index (κ3) is 1.80. The van der Waals surface area contributed by atoms with E-state index in [0.29, 0.717) is 0 Å². The number of anilines is 1. The second-order valence-corrected chi connectivity index (χ2v) is 5.04. The summed E-state index contributed by atoms with van der Waals surface area (Å²) in [7, 11) is 1.71. The highest BCUT2D eigenvalue weighted by Crippen LogP contribution is 2.37. The fraction of sp³-hybridized carbons (Fsp3) is 0.429. The Hall–Kier alpha value is -1.44. The first-order valence-corrected chi connectivity index (χ1v) is 5.59. The lowest BCUT2D eigenvalue weighted by Gasteiger charge is -2.32. The van der Waals surface area contributed by atoms with Gasteiger partial charge in [-0.2, -0.15) is 0 Å². The van der Waals surface area contributed by atoms with E-state index in [-0.39, 0.29) is 5.54 Å². The topological polar surface area (TPSA) is 21.3 Å². The van der Waals surface area contributed by atoms with Crippen LogP contribution >= 0.6 is 0 Å². The lowest BCUT2D eigenvalue weighted by molar-refractivity contribution is 0.411. The first kappa shape index (κ1) is 11.1. The van der Waals surface area contributed by atoms with Gasteiger partial charge in [-0.05, 0) is 44.9 Å². The maximum atomic E-state index is 5.35. The van der Waals surface area contributed by atoms with Gasteiger partial charge in [0, 0.05) is 17.3 Å². The number of allylic oxidation sites excluding steroid dienone is 1. The third-order valence-corrected chi connectivity index (χ3v) is 2.99. The van der Waals surface area contributed by atoms with Crippen LogP contribution in [0, 0.1) is 6.92 Å². The second-order valence-electron chi connectivity index (χ2n) is 5.04. The zero-order chi connectivity index (χ0) is 11.9. The lowest BCUT2D eigenvalue weighted by atomic mass is 9.90. The molecule has 0 amide bonds. The van der Waals surface area contributed by atoms with Crippen molar-refractivity contribution in [3.63, 3.8) is 0 Å². The molecule has 1 aliphatic rings. The normalized spacial score (nSPS) is 17.2. The van der Waals surface area contributed by atoms with E-state index in [2.05, 4.69) is 51.2 Å². The molecule has 0 bridgehead atoms. The minimum absolute atomic E-state index is 0.0113. The van der Waals surface area contributed by atoms with Crippen LogP contribution in [-0.4, -0.2) is 12.6 Å². The van der Waals surface area contributed by atoms with Crippen LogP contribution in [0.2, 0.25) is 0 Å². The van der Waals surface area contributed by atoms with Crippen molar-refractivity contribution < 1.29 is 4.74 Å². The Morgan fingerprint density at radius 3 is 2.50 bits per heavy atom. The zero-order valence-electron chi connectivity index (χ0n) is 10.6. The Morgan fingerprint density at radius 1 is 1.19 bits per heavy atom. The number of rotatable bonds is 1. The average molecular weight is 217 g/mol. The van der Waals surface area contributed by atoms with E-state index in [1.807, 2.05) is 0 Å². The summed E-state index contributed by atoms with van der Waals surface area (Å²) in [6, 6.07) is 4.27. The maximum absolute atomic E-state index is 5.35. The molecule has 1 N–H and O–H groups in total. The molecule has 0 radical (unpaired) electrons. The van der Waals surface area contributed by atoms with Crippen LogP contribution in [0.1, 0.15) is 31.9 Å². The van der Waals surface area contributed by atoms with E-state index in [0.717, 1.165) is 11.4 Å². The first-order chi connectivity index (χ1) is 7.43. The molecule has 0 saturated carbocycles. The Balaban J connectivity index is 2.58. The van der Waals surface area contributed by atoms with Crippen molar-refractivity contribution in [2.24, 2.45) is 0 Å². The number of fused-ring (bicyclic) bond motifs is 1. The quantitative estimate of drug-likeness (QED) is 0.776. The van der Waals surface area contributed by atoms with Gasteiger partial charge in [0.1, 0.15) is 5.75 Å². The van der Waals surface area contributed by atoms with Gasteiger partial charge < -0.3 is 10.1 Å². The lowest BCUT2D eigenvalue weighted by Crippen LogP contribution is -2.31. The number of methoxy groups -OCH3 is 1. The molecule has 16 heavy (non-hydrogen) atoms. The average Bonchev–Trinajstić information content (AvgIpc) is 2.17. The van der Waals surface area contributed by atoms with Gasteiger partial charge in [-0.3, -0.25) is 0 Å². The molecule has 1 aliphatic heterocycles. The highest BCUT2D eigenvalue weighted by Gasteiger charge is 2.23. The molecule has 0 aromatic heterocycles. The number of hydrogen-bond donors (Lipinski definition) is 1. The van der Waals surface area contributed by atoms with Crippen LogP contribution in [-0.2, 0) is 0 Å². The summed E-state index contributed by atoms with van der Waals surface area (Å²) >= 11 is 0. The zero-order valence-corrected chi connectivity index (χ0v) is 10.6. The van der Waals surface area contributed by atoms with E-state index in [9.17, 15) is 0 Å². The van der Waals surface area contributed by atoms with Crippen LogP contribution in [0.3, 0.4) is 0 Å². The summed E-state index contributed by atoms with van der Waals surface area (Å²) < 4.78 is 5.35. The summed E-state index contributed by atoms with van der Waals surface area (Å²) in [6.45, 7) is 8.58. The van der Waals surface area contributed by atoms with Gasteiger partial charge in [0.05, 0.1) is 12.6 Å². The Labute approximate surface area is 97.3 Å². The van der Waals surface area contributed by atoms with Crippen molar-refractivity contribution in [1.29, 1.82) is 0 Å². The standard InChI is InChI=1S/C14H19NO/c1-9-6-11-10(2)8-14(3,4)15-12(11)7-13(9)16-5/h6-8,15H,1-5H3. The van der Waals surface area contributed by atoms with Crippen molar-refractivity contribution in [2.45, 2.75) is 33.2 Å². The van der Waals surface area contributed by atoms with Crippen molar-refractivity contribution in [1.82, 2.24) is 0 Å². The Morgan fingerprint density at radius 2 is 1.88 bits per heavy atom. The molecule has 2 heteroatoms. The van der Waals surface area contributed by atoms with E-state index in [1.165, 1.54) is 16.7 Å². The van der Waals surface area contributed by atoms with Crippen LogP contribution in [0.25, 0.3) is 5.57 Å². The Bertz CT molecular complexity index is 458. The van der Waals surface area contributed by atoms with Crippen molar-refractivity contribution in [3.05, 3.63) is 29.3 Å². The summed E-state index contributed by atoms with van der Waals surface area (Å²) in [5.41, 5.74) is 4.95. The number of ether oxygens (including phenoxy) is 1. The predicted octanol–water partition coefficient (Wildman–Crippen LogP) is 3.61. The number of nitrogens with one attached hydrogen (secondary N) is 1.